The molecule has 0 saturated carbocycles. The first-order chi connectivity index (χ1) is 15.1. The van der Waals surface area contributed by atoms with Crippen molar-refractivity contribution in [1.29, 1.82) is 0 Å². The Morgan fingerprint density at radius 3 is 2.58 bits per heavy atom. The summed E-state index contributed by atoms with van der Waals surface area (Å²) in [5.41, 5.74) is 3.40. The molecule has 156 valence electrons. The van der Waals surface area contributed by atoms with E-state index in [0.717, 1.165) is 30.0 Å². The van der Waals surface area contributed by atoms with Crippen molar-refractivity contribution in [3.05, 3.63) is 83.3 Å². The molecular formula is C25H24N4O2. The molecule has 1 aliphatic heterocycles. The number of piperazine rings is 1. The number of aryl methyl sites for hydroxylation is 1. The Bertz CT molecular complexity index is 1130. The zero-order valence-electron chi connectivity index (χ0n) is 17.7. The lowest BCUT2D eigenvalue weighted by atomic mass is 10.1. The quantitative estimate of drug-likeness (QED) is 0.619. The van der Waals surface area contributed by atoms with Gasteiger partial charge in [0.1, 0.15) is 11.6 Å². The molecule has 1 fully saturated rings. The van der Waals surface area contributed by atoms with E-state index in [2.05, 4.69) is 26.7 Å². The van der Waals surface area contributed by atoms with Crippen molar-refractivity contribution < 1.29 is 9.53 Å². The minimum atomic E-state index is 0.0000504. The zero-order valence-corrected chi connectivity index (χ0v) is 17.7. The number of amides is 1. The van der Waals surface area contributed by atoms with E-state index in [1.807, 2.05) is 48.2 Å². The normalized spacial score (nSPS) is 13.4. The summed E-state index contributed by atoms with van der Waals surface area (Å²) in [6, 6.07) is 13.5. The number of ether oxygens (including phenoxy) is 1. The first-order valence-corrected chi connectivity index (χ1v) is 10.2. The van der Waals surface area contributed by atoms with E-state index < -0.39 is 0 Å². The van der Waals surface area contributed by atoms with Crippen LogP contribution in [0.1, 0.15) is 27.0 Å². The summed E-state index contributed by atoms with van der Waals surface area (Å²) in [7, 11) is 1.61. The molecule has 1 amide bonds. The summed E-state index contributed by atoms with van der Waals surface area (Å²) in [4.78, 5) is 25.6. The van der Waals surface area contributed by atoms with Crippen LogP contribution in [-0.4, -0.2) is 54.1 Å². The van der Waals surface area contributed by atoms with E-state index in [9.17, 15) is 4.79 Å². The molecule has 2 aromatic carbocycles. The van der Waals surface area contributed by atoms with Gasteiger partial charge in [0, 0.05) is 49.7 Å². The Balaban J connectivity index is 1.50. The van der Waals surface area contributed by atoms with Crippen LogP contribution >= 0.6 is 0 Å². The molecule has 0 radical (unpaired) electrons. The molecular weight excluding hydrogens is 388 g/mol. The van der Waals surface area contributed by atoms with Crippen LogP contribution in [0.2, 0.25) is 0 Å². The third kappa shape index (κ3) is 4.84. The van der Waals surface area contributed by atoms with Gasteiger partial charge in [-0.1, -0.05) is 24.0 Å². The first kappa shape index (κ1) is 20.4. The average Bonchev–Trinajstić information content (AvgIpc) is 2.83. The van der Waals surface area contributed by atoms with Gasteiger partial charge in [-0.15, -0.1) is 0 Å². The van der Waals surface area contributed by atoms with E-state index in [0.29, 0.717) is 30.0 Å². The van der Waals surface area contributed by atoms with Gasteiger partial charge in [-0.05, 0) is 42.8 Å². The van der Waals surface area contributed by atoms with Gasteiger partial charge in [0.25, 0.3) is 5.91 Å². The van der Waals surface area contributed by atoms with E-state index in [1.165, 1.54) is 0 Å². The van der Waals surface area contributed by atoms with E-state index in [1.54, 1.807) is 31.8 Å². The largest absolute Gasteiger partial charge is 0.495 e. The van der Waals surface area contributed by atoms with Crippen LogP contribution in [0.4, 0.5) is 5.82 Å². The summed E-state index contributed by atoms with van der Waals surface area (Å²) in [5.74, 6) is 7.83. The molecule has 2 heterocycles. The molecule has 1 aromatic heterocycles. The Kier molecular flexibility index (Phi) is 6.13. The van der Waals surface area contributed by atoms with Gasteiger partial charge in [-0.3, -0.25) is 9.78 Å². The highest BCUT2D eigenvalue weighted by atomic mass is 16.5. The molecule has 0 unspecified atom stereocenters. The summed E-state index contributed by atoms with van der Waals surface area (Å²) in [5, 5.41) is 0. The molecule has 31 heavy (non-hydrogen) atoms. The smallest absolute Gasteiger partial charge is 0.254 e. The monoisotopic (exact) mass is 412 g/mol. The molecule has 0 N–H and O–H groups in total. The van der Waals surface area contributed by atoms with Gasteiger partial charge in [0.15, 0.2) is 0 Å². The van der Waals surface area contributed by atoms with Gasteiger partial charge >= 0.3 is 0 Å². The third-order valence-corrected chi connectivity index (χ3v) is 5.25. The lowest BCUT2D eigenvalue weighted by Gasteiger charge is -2.35. The van der Waals surface area contributed by atoms with Crippen LogP contribution in [0.3, 0.4) is 0 Å². The zero-order chi connectivity index (χ0) is 21.6. The number of methoxy groups -OCH3 is 1. The summed E-state index contributed by atoms with van der Waals surface area (Å²) >= 11 is 0. The van der Waals surface area contributed by atoms with E-state index in [-0.39, 0.29) is 5.91 Å². The number of rotatable bonds is 3. The average molecular weight is 412 g/mol. The Hall–Kier alpha value is -3.85. The number of anilines is 1. The van der Waals surface area contributed by atoms with Gasteiger partial charge < -0.3 is 14.5 Å². The van der Waals surface area contributed by atoms with Crippen LogP contribution in [0.15, 0.2) is 61.1 Å². The molecule has 0 aliphatic carbocycles. The van der Waals surface area contributed by atoms with Crippen molar-refractivity contribution in [3.8, 4) is 17.6 Å². The topological polar surface area (TPSA) is 58.6 Å². The second-order valence-electron chi connectivity index (χ2n) is 7.38. The van der Waals surface area contributed by atoms with Gasteiger partial charge in [0.05, 0.1) is 18.9 Å². The predicted molar refractivity (Wildman–Crippen MR) is 120 cm³/mol. The lowest BCUT2D eigenvalue weighted by molar-refractivity contribution is 0.0746. The highest BCUT2D eigenvalue weighted by molar-refractivity contribution is 5.95. The van der Waals surface area contributed by atoms with Gasteiger partial charge in [-0.25, -0.2) is 4.98 Å². The summed E-state index contributed by atoms with van der Waals surface area (Å²) < 4.78 is 5.45. The van der Waals surface area contributed by atoms with Crippen molar-refractivity contribution in [2.45, 2.75) is 6.92 Å². The Morgan fingerprint density at radius 1 is 1.03 bits per heavy atom. The van der Waals surface area contributed by atoms with Crippen molar-refractivity contribution in [3.63, 3.8) is 0 Å². The minimum Gasteiger partial charge on any atom is -0.495 e. The number of nitrogens with zero attached hydrogens (tertiary/aromatic N) is 4. The van der Waals surface area contributed by atoms with E-state index >= 15 is 0 Å². The van der Waals surface area contributed by atoms with Crippen LogP contribution in [0.5, 0.6) is 5.75 Å². The molecule has 1 aliphatic rings. The van der Waals surface area contributed by atoms with Crippen LogP contribution in [0.25, 0.3) is 0 Å². The fourth-order valence-electron chi connectivity index (χ4n) is 3.58. The highest BCUT2D eigenvalue weighted by Gasteiger charge is 2.23. The number of carbonyl (C=O) groups is 1. The molecule has 0 bridgehead atoms. The molecule has 0 spiro atoms. The predicted octanol–water partition coefficient (Wildman–Crippen LogP) is 3.16. The molecule has 0 atom stereocenters. The number of carbonyl (C=O) groups excluding carboxylic acids is 1. The third-order valence-electron chi connectivity index (χ3n) is 5.25. The fraction of sp³-hybridized carbons (Fsp3) is 0.240. The SMILES string of the molecule is COc1ccc(C(=O)N2CCN(c3cnccn3)CC2)cc1C#Cc1cccc(C)c1. The fourth-order valence-corrected chi connectivity index (χ4v) is 3.58. The second-order valence-corrected chi connectivity index (χ2v) is 7.38. The number of hydrogen-bond donors (Lipinski definition) is 0. The maximum atomic E-state index is 13.1. The number of hydrogen-bond acceptors (Lipinski definition) is 5. The highest BCUT2D eigenvalue weighted by Crippen LogP contribution is 2.21. The minimum absolute atomic E-state index is 0.0000504. The standard InChI is InChI=1S/C25H24N4O2/c1-19-4-3-5-20(16-19)6-7-21-17-22(8-9-23(21)31-2)25(30)29-14-12-28(13-15-29)24-18-26-10-11-27-24/h3-5,8-11,16-18H,12-15H2,1-2H3. The molecule has 6 heteroatoms. The Labute approximate surface area is 182 Å². The Morgan fingerprint density at radius 2 is 1.87 bits per heavy atom. The van der Waals surface area contributed by atoms with Gasteiger partial charge in [-0.2, -0.15) is 0 Å². The number of aromatic nitrogens is 2. The van der Waals surface area contributed by atoms with Crippen molar-refractivity contribution in [2.24, 2.45) is 0 Å². The maximum absolute atomic E-state index is 13.1. The van der Waals surface area contributed by atoms with Crippen molar-refractivity contribution in [2.75, 3.05) is 38.2 Å². The molecule has 1 saturated heterocycles. The lowest BCUT2D eigenvalue weighted by Crippen LogP contribution is -2.49. The second kappa shape index (κ2) is 9.31. The van der Waals surface area contributed by atoms with Crippen LogP contribution in [-0.2, 0) is 0 Å². The van der Waals surface area contributed by atoms with Crippen molar-refractivity contribution in [1.82, 2.24) is 14.9 Å². The first-order valence-electron chi connectivity index (χ1n) is 10.2. The molecule has 3 aromatic rings. The molecule has 6 nitrogen and oxygen atoms in total. The van der Waals surface area contributed by atoms with E-state index in [4.69, 9.17) is 4.74 Å². The van der Waals surface area contributed by atoms with Crippen molar-refractivity contribution >= 4 is 11.7 Å². The van der Waals surface area contributed by atoms with Crippen LogP contribution in [0, 0.1) is 18.8 Å². The summed E-state index contributed by atoms with van der Waals surface area (Å²) in [6.45, 7) is 4.74. The summed E-state index contributed by atoms with van der Waals surface area (Å²) in [6.07, 6.45) is 5.09. The molecule has 4 rings (SSSR count). The maximum Gasteiger partial charge on any atom is 0.254 e. The van der Waals surface area contributed by atoms with Gasteiger partial charge in [0.2, 0.25) is 0 Å². The number of benzene rings is 2. The van der Waals surface area contributed by atoms with Crippen LogP contribution < -0.4 is 9.64 Å².